The number of benzene rings is 1. The Morgan fingerprint density at radius 1 is 1.18 bits per heavy atom. The minimum Gasteiger partial charge on any atom is -0.496 e. The zero-order valence-corrected chi connectivity index (χ0v) is 9.45. The second-order valence-electron chi connectivity index (χ2n) is 3.38. The van der Waals surface area contributed by atoms with E-state index in [1.807, 2.05) is 0 Å². The number of halogens is 1. The highest BCUT2D eigenvalue weighted by Gasteiger charge is 2.15. The second-order valence-corrected chi connectivity index (χ2v) is 3.38. The summed E-state index contributed by atoms with van der Waals surface area (Å²) in [6.45, 7) is 0. The van der Waals surface area contributed by atoms with Gasteiger partial charge in [0, 0.05) is 17.2 Å². The minimum absolute atomic E-state index is 0.118. The van der Waals surface area contributed by atoms with Crippen LogP contribution in [0.4, 0.5) is 10.2 Å². The normalized spacial score (nSPS) is 10.3. The van der Waals surface area contributed by atoms with Crippen molar-refractivity contribution in [3.05, 3.63) is 24.1 Å². The molecule has 5 nitrogen and oxygen atoms in total. The summed E-state index contributed by atoms with van der Waals surface area (Å²) in [5.74, 6) is 0.459. The van der Waals surface area contributed by atoms with E-state index >= 15 is 0 Å². The number of methoxy groups -OCH3 is 2. The van der Waals surface area contributed by atoms with Crippen LogP contribution in [0.1, 0.15) is 0 Å². The molecule has 2 rings (SSSR count). The molecule has 6 heteroatoms. The highest BCUT2D eigenvalue weighted by Crippen LogP contribution is 2.36. The van der Waals surface area contributed by atoms with Crippen molar-refractivity contribution in [2.45, 2.75) is 0 Å². The van der Waals surface area contributed by atoms with Gasteiger partial charge in [-0.2, -0.15) is 5.10 Å². The summed E-state index contributed by atoms with van der Waals surface area (Å²) in [7, 11) is 2.89. The van der Waals surface area contributed by atoms with Crippen molar-refractivity contribution in [1.29, 1.82) is 0 Å². The predicted octanol–water partition coefficient (Wildman–Crippen LogP) is 1.82. The standard InChI is InChI=1S/C11H12FN3O2/c1-16-9-4-10(17-2)8(12)3-6(9)7-5-14-15-11(7)13/h3-5H,1-2H3,(H3,13,14,15). The molecule has 1 aromatic heterocycles. The minimum atomic E-state index is -0.482. The van der Waals surface area contributed by atoms with Crippen LogP contribution in [0.25, 0.3) is 11.1 Å². The van der Waals surface area contributed by atoms with Gasteiger partial charge in [0.15, 0.2) is 11.6 Å². The molecule has 0 spiro atoms. The predicted molar refractivity (Wildman–Crippen MR) is 61.5 cm³/mol. The van der Waals surface area contributed by atoms with E-state index in [1.165, 1.54) is 32.5 Å². The molecule has 0 atom stereocenters. The topological polar surface area (TPSA) is 73.2 Å². The molecular formula is C11H12FN3O2. The molecule has 1 aromatic carbocycles. The van der Waals surface area contributed by atoms with Gasteiger partial charge < -0.3 is 15.2 Å². The first-order valence-electron chi connectivity index (χ1n) is 4.88. The molecule has 2 aromatic rings. The lowest BCUT2D eigenvalue weighted by Gasteiger charge is -2.10. The highest BCUT2D eigenvalue weighted by molar-refractivity contribution is 5.78. The molecule has 0 bridgehead atoms. The zero-order valence-electron chi connectivity index (χ0n) is 9.45. The van der Waals surface area contributed by atoms with E-state index < -0.39 is 5.82 Å². The molecule has 90 valence electrons. The number of ether oxygens (including phenoxy) is 2. The maximum Gasteiger partial charge on any atom is 0.165 e. The number of hydrogen-bond acceptors (Lipinski definition) is 4. The number of anilines is 1. The number of nitrogens with two attached hydrogens (primary N) is 1. The van der Waals surface area contributed by atoms with E-state index in [0.717, 1.165) is 0 Å². The van der Waals surface area contributed by atoms with Crippen LogP contribution in [-0.2, 0) is 0 Å². The van der Waals surface area contributed by atoms with E-state index in [1.54, 1.807) is 0 Å². The van der Waals surface area contributed by atoms with E-state index in [4.69, 9.17) is 15.2 Å². The number of rotatable bonds is 3. The lowest BCUT2D eigenvalue weighted by atomic mass is 10.1. The molecule has 0 saturated carbocycles. The Morgan fingerprint density at radius 2 is 1.88 bits per heavy atom. The fourth-order valence-corrected chi connectivity index (χ4v) is 1.58. The van der Waals surface area contributed by atoms with Crippen molar-refractivity contribution >= 4 is 5.82 Å². The number of H-pyrrole nitrogens is 1. The Bertz CT molecular complexity index is 540. The molecule has 0 amide bonds. The molecule has 0 aliphatic rings. The Kier molecular flexibility index (Phi) is 2.86. The molecule has 0 unspecified atom stereocenters. The fourth-order valence-electron chi connectivity index (χ4n) is 1.58. The Balaban J connectivity index is 2.61. The molecule has 3 N–H and O–H groups in total. The first kappa shape index (κ1) is 11.3. The van der Waals surface area contributed by atoms with E-state index in [9.17, 15) is 4.39 Å². The average molecular weight is 237 g/mol. The van der Waals surface area contributed by atoms with E-state index in [-0.39, 0.29) is 5.75 Å². The maximum atomic E-state index is 13.6. The van der Waals surface area contributed by atoms with Crippen LogP contribution < -0.4 is 15.2 Å². The van der Waals surface area contributed by atoms with Gasteiger partial charge in [-0.25, -0.2) is 4.39 Å². The van der Waals surface area contributed by atoms with Crippen LogP contribution in [0.15, 0.2) is 18.3 Å². The van der Waals surface area contributed by atoms with Crippen LogP contribution in [0, 0.1) is 5.82 Å². The molecule has 17 heavy (non-hydrogen) atoms. The number of nitrogen functional groups attached to an aromatic ring is 1. The first-order valence-corrected chi connectivity index (χ1v) is 4.88. The number of nitrogens with zero attached hydrogens (tertiary/aromatic N) is 1. The summed E-state index contributed by atoms with van der Waals surface area (Å²) in [6.07, 6.45) is 1.51. The van der Waals surface area contributed by atoms with Gasteiger partial charge in [0.25, 0.3) is 0 Å². The quantitative estimate of drug-likeness (QED) is 0.853. The molecule has 1 heterocycles. The van der Waals surface area contributed by atoms with Gasteiger partial charge in [0.2, 0.25) is 0 Å². The maximum absolute atomic E-state index is 13.6. The number of nitrogens with one attached hydrogen (secondary N) is 1. The Morgan fingerprint density at radius 3 is 2.41 bits per heavy atom. The lowest BCUT2D eigenvalue weighted by Crippen LogP contribution is -1.95. The summed E-state index contributed by atoms with van der Waals surface area (Å²) in [6, 6.07) is 2.77. The average Bonchev–Trinajstić information content (AvgIpc) is 2.75. The third-order valence-corrected chi connectivity index (χ3v) is 2.43. The van der Waals surface area contributed by atoms with Crippen molar-refractivity contribution in [2.24, 2.45) is 0 Å². The van der Waals surface area contributed by atoms with E-state index in [0.29, 0.717) is 22.7 Å². The van der Waals surface area contributed by atoms with Gasteiger partial charge in [-0.3, -0.25) is 5.10 Å². The van der Waals surface area contributed by atoms with Crippen LogP contribution in [0.3, 0.4) is 0 Å². The van der Waals surface area contributed by atoms with Crippen LogP contribution in [0.2, 0.25) is 0 Å². The first-order chi connectivity index (χ1) is 8.17. The van der Waals surface area contributed by atoms with Crippen molar-refractivity contribution in [1.82, 2.24) is 10.2 Å². The Labute approximate surface area is 97.3 Å². The SMILES string of the molecule is COc1cc(OC)c(-c2cn[nH]c2N)cc1F. The van der Waals surface area contributed by atoms with Gasteiger partial charge in [0.05, 0.1) is 20.4 Å². The highest BCUT2D eigenvalue weighted by atomic mass is 19.1. The third kappa shape index (κ3) is 1.89. The van der Waals surface area contributed by atoms with Crippen molar-refractivity contribution in [3.8, 4) is 22.6 Å². The van der Waals surface area contributed by atoms with Crippen LogP contribution in [0.5, 0.6) is 11.5 Å². The van der Waals surface area contributed by atoms with Gasteiger partial charge in [-0.05, 0) is 6.07 Å². The summed E-state index contributed by atoms with van der Waals surface area (Å²) >= 11 is 0. The fraction of sp³-hybridized carbons (Fsp3) is 0.182. The number of aromatic amines is 1. The largest absolute Gasteiger partial charge is 0.496 e. The summed E-state index contributed by atoms with van der Waals surface area (Å²) < 4.78 is 23.7. The molecule has 0 saturated heterocycles. The second kappa shape index (κ2) is 4.32. The molecule has 0 aliphatic carbocycles. The zero-order chi connectivity index (χ0) is 12.4. The summed E-state index contributed by atoms with van der Waals surface area (Å²) in [4.78, 5) is 0. The summed E-state index contributed by atoms with van der Waals surface area (Å²) in [5.41, 5.74) is 6.80. The van der Waals surface area contributed by atoms with Crippen LogP contribution in [-0.4, -0.2) is 24.4 Å². The molecule has 0 radical (unpaired) electrons. The van der Waals surface area contributed by atoms with E-state index in [2.05, 4.69) is 10.2 Å². The van der Waals surface area contributed by atoms with Crippen molar-refractivity contribution in [3.63, 3.8) is 0 Å². The smallest absolute Gasteiger partial charge is 0.165 e. The van der Waals surface area contributed by atoms with Crippen molar-refractivity contribution < 1.29 is 13.9 Å². The lowest BCUT2D eigenvalue weighted by molar-refractivity contribution is 0.374. The van der Waals surface area contributed by atoms with Crippen molar-refractivity contribution in [2.75, 3.05) is 20.0 Å². The Hall–Kier alpha value is -2.24. The monoisotopic (exact) mass is 237 g/mol. The van der Waals surface area contributed by atoms with Gasteiger partial charge in [0.1, 0.15) is 11.6 Å². The van der Waals surface area contributed by atoms with Gasteiger partial charge in [-0.1, -0.05) is 0 Å². The number of hydrogen-bond donors (Lipinski definition) is 2. The third-order valence-electron chi connectivity index (χ3n) is 2.43. The number of aromatic nitrogens is 2. The molecular weight excluding hydrogens is 225 g/mol. The van der Waals surface area contributed by atoms with Gasteiger partial charge >= 0.3 is 0 Å². The van der Waals surface area contributed by atoms with Gasteiger partial charge in [-0.15, -0.1) is 0 Å². The van der Waals surface area contributed by atoms with Crippen LogP contribution >= 0.6 is 0 Å². The molecule has 0 aliphatic heterocycles. The summed E-state index contributed by atoms with van der Waals surface area (Å²) in [5, 5.41) is 6.37. The molecule has 0 fully saturated rings.